The quantitative estimate of drug-likeness (QED) is 0.765. The summed E-state index contributed by atoms with van der Waals surface area (Å²) in [6.45, 7) is 1.97. The van der Waals surface area contributed by atoms with E-state index in [2.05, 4.69) is 4.72 Å². The van der Waals surface area contributed by atoms with Gasteiger partial charge in [0.25, 0.3) is 0 Å². The van der Waals surface area contributed by atoms with Crippen molar-refractivity contribution < 1.29 is 13.2 Å². The number of hydrogen-bond donors (Lipinski definition) is 2. The minimum absolute atomic E-state index is 0.0423. The molecule has 0 saturated heterocycles. The maximum absolute atomic E-state index is 11.5. The molecule has 1 aromatic rings. The molecule has 0 bridgehead atoms. The van der Waals surface area contributed by atoms with Crippen LogP contribution in [0.15, 0.2) is 29.2 Å². The minimum atomic E-state index is -3.52. The van der Waals surface area contributed by atoms with E-state index in [4.69, 9.17) is 5.73 Å². The van der Waals surface area contributed by atoms with Crippen LogP contribution in [-0.4, -0.2) is 20.9 Å². The first kappa shape index (κ1) is 11.7. The van der Waals surface area contributed by atoms with Gasteiger partial charge in [-0.2, -0.15) is 0 Å². The topological polar surface area (TPSA) is 89.3 Å². The van der Waals surface area contributed by atoms with Crippen molar-refractivity contribution in [2.24, 2.45) is 5.73 Å². The van der Waals surface area contributed by atoms with Crippen molar-refractivity contribution in [1.82, 2.24) is 4.72 Å². The molecular formula is C9H12N2O3S. The Morgan fingerprint density at radius 2 is 2.13 bits per heavy atom. The number of rotatable bonds is 4. The number of nitrogens with two attached hydrogens (primary N) is 1. The summed E-state index contributed by atoms with van der Waals surface area (Å²) in [4.78, 5) is 10.9. The molecule has 5 nitrogen and oxygen atoms in total. The number of primary amides is 1. The average molecular weight is 228 g/mol. The minimum Gasteiger partial charge on any atom is -0.366 e. The molecular weight excluding hydrogens is 216 g/mol. The molecule has 1 aromatic carbocycles. The molecule has 6 heteroatoms. The molecule has 0 radical (unpaired) electrons. The highest BCUT2D eigenvalue weighted by Gasteiger charge is 2.13. The highest BCUT2D eigenvalue weighted by Crippen LogP contribution is 2.10. The van der Waals surface area contributed by atoms with E-state index in [1.54, 1.807) is 6.92 Å². The zero-order chi connectivity index (χ0) is 11.5. The van der Waals surface area contributed by atoms with Gasteiger partial charge in [0.1, 0.15) is 0 Å². The van der Waals surface area contributed by atoms with Crippen LogP contribution in [0.4, 0.5) is 0 Å². The molecule has 0 aromatic heterocycles. The van der Waals surface area contributed by atoms with Crippen LogP contribution in [0, 0.1) is 0 Å². The van der Waals surface area contributed by atoms with Crippen molar-refractivity contribution in [3.05, 3.63) is 29.8 Å². The molecule has 0 aliphatic rings. The molecule has 0 unspecified atom stereocenters. The Labute approximate surface area is 88.3 Å². The van der Waals surface area contributed by atoms with Crippen LogP contribution in [-0.2, 0) is 10.0 Å². The third kappa shape index (κ3) is 2.77. The van der Waals surface area contributed by atoms with Crippen molar-refractivity contribution in [2.45, 2.75) is 11.8 Å². The normalized spacial score (nSPS) is 11.3. The Morgan fingerprint density at radius 1 is 1.47 bits per heavy atom. The Morgan fingerprint density at radius 3 is 2.67 bits per heavy atom. The number of amides is 1. The zero-order valence-corrected chi connectivity index (χ0v) is 9.04. The van der Waals surface area contributed by atoms with Crippen LogP contribution in [0.2, 0.25) is 0 Å². The molecule has 3 N–H and O–H groups in total. The lowest BCUT2D eigenvalue weighted by atomic mass is 10.2. The van der Waals surface area contributed by atoms with Gasteiger partial charge < -0.3 is 5.73 Å². The van der Waals surface area contributed by atoms with Crippen molar-refractivity contribution in [2.75, 3.05) is 6.54 Å². The SMILES string of the molecule is CCNS(=O)(=O)c1cccc(C(N)=O)c1. The van der Waals surface area contributed by atoms with Gasteiger partial charge in [-0.1, -0.05) is 13.0 Å². The van der Waals surface area contributed by atoms with Gasteiger partial charge in [-0.15, -0.1) is 0 Å². The number of nitrogens with one attached hydrogen (secondary N) is 1. The molecule has 1 rings (SSSR count). The van der Waals surface area contributed by atoms with E-state index < -0.39 is 15.9 Å². The molecule has 1 amide bonds. The number of carbonyl (C=O) groups is 1. The Bertz CT molecular complexity index is 468. The molecule has 0 atom stereocenters. The van der Waals surface area contributed by atoms with Gasteiger partial charge in [0.05, 0.1) is 4.90 Å². The molecule has 0 saturated carbocycles. The summed E-state index contributed by atoms with van der Waals surface area (Å²) in [5.74, 6) is -0.649. The first-order valence-corrected chi connectivity index (χ1v) is 5.85. The Hall–Kier alpha value is -1.40. The summed E-state index contributed by atoms with van der Waals surface area (Å²) in [5, 5.41) is 0. The van der Waals surface area contributed by atoms with E-state index in [0.29, 0.717) is 6.54 Å². The third-order valence-electron chi connectivity index (χ3n) is 1.76. The maximum atomic E-state index is 11.5. The highest BCUT2D eigenvalue weighted by atomic mass is 32.2. The second-order valence-electron chi connectivity index (χ2n) is 2.89. The first-order valence-electron chi connectivity index (χ1n) is 4.37. The lowest BCUT2D eigenvalue weighted by Crippen LogP contribution is -2.23. The molecule has 82 valence electrons. The molecule has 0 aliphatic heterocycles. The second kappa shape index (κ2) is 4.41. The van der Waals surface area contributed by atoms with Crippen molar-refractivity contribution >= 4 is 15.9 Å². The molecule has 15 heavy (non-hydrogen) atoms. The lowest BCUT2D eigenvalue weighted by Gasteiger charge is -2.04. The van der Waals surface area contributed by atoms with Crippen LogP contribution in [0.25, 0.3) is 0 Å². The van der Waals surface area contributed by atoms with Gasteiger partial charge >= 0.3 is 0 Å². The fourth-order valence-electron chi connectivity index (χ4n) is 1.09. The Kier molecular flexibility index (Phi) is 3.43. The first-order chi connectivity index (χ1) is 6.97. The van der Waals surface area contributed by atoms with E-state index in [9.17, 15) is 13.2 Å². The third-order valence-corrected chi connectivity index (χ3v) is 3.31. The van der Waals surface area contributed by atoms with E-state index in [1.807, 2.05) is 0 Å². The predicted molar refractivity (Wildman–Crippen MR) is 55.8 cm³/mol. The molecule has 0 aliphatic carbocycles. The number of carbonyl (C=O) groups excluding carboxylic acids is 1. The average Bonchev–Trinajstić information content (AvgIpc) is 2.18. The number of benzene rings is 1. The molecule has 0 fully saturated rings. The number of hydrogen-bond acceptors (Lipinski definition) is 3. The Balaban J connectivity index is 3.16. The fourth-order valence-corrected chi connectivity index (χ4v) is 2.18. The van der Waals surface area contributed by atoms with Crippen molar-refractivity contribution in [3.8, 4) is 0 Å². The summed E-state index contributed by atoms with van der Waals surface area (Å²) in [6, 6.07) is 5.60. The summed E-state index contributed by atoms with van der Waals surface area (Å²) < 4.78 is 25.4. The van der Waals surface area contributed by atoms with Crippen molar-refractivity contribution in [3.63, 3.8) is 0 Å². The number of sulfonamides is 1. The van der Waals surface area contributed by atoms with Crippen LogP contribution in [0.3, 0.4) is 0 Å². The van der Waals surface area contributed by atoms with Gasteiger partial charge in [0, 0.05) is 12.1 Å². The van der Waals surface area contributed by atoms with E-state index in [-0.39, 0.29) is 10.5 Å². The zero-order valence-electron chi connectivity index (χ0n) is 8.23. The molecule has 0 heterocycles. The monoisotopic (exact) mass is 228 g/mol. The van der Waals surface area contributed by atoms with Crippen LogP contribution in [0.1, 0.15) is 17.3 Å². The fraction of sp³-hybridized carbons (Fsp3) is 0.222. The van der Waals surface area contributed by atoms with Crippen LogP contribution in [0.5, 0.6) is 0 Å². The molecule has 0 spiro atoms. The van der Waals surface area contributed by atoms with Gasteiger partial charge in [-0.25, -0.2) is 13.1 Å². The summed E-state index contributed by atoms with van der Waals surface area (Å²) in [6.07, 6.45) is 0. The van der Waals surface area contributed by atoms with Gasteiger partial charge in [-0.3, -0.25) is 4.79 Å². The summed E-state index contributed by atoms with van der Waals surface area (Å²) in [5.41, 5.74) is 5.22. The maximum Gasteiger partial charge on any atom is 0.248 e. The highest BCUT2D eigenvalue weighted by molar-refractivity contribution is 7.89. The van der Waals surface area contributed by atoms with Gasteiger partial charge in [0.2, 0.25) is 15.9 Å². The summed E-state index contributed by atoms with van der Waals surface area (Å²) in [7, 11) is -3.52. The smallest absolute Gasteiger partial charge is 0.248 e. The lowest BCUT2D eigenvalue weighted by molar-refractivity contribution is 0.1000. The van der Waals surface area contributed by atoms with E-state index in [0.717, 1.165) is 0 Å². The van der Waals surface area contributed by atoms with E-state index in [1.165, 1.54) is 24.3 Å². The standard InChI is InChI=1S/C9H12N2O3S/c1-2-11-15(13,14)8-5-3-4-7(6-8)9(10)12/h3-6,11H,2H2,1H3,(H2,10,12). The van der Waals surface area contributed by atoms with E-state index >= 15 is 0 Å². The van der Waals surface area contributed by atoms with Crippen LogP contribution >= 0.6 is 0 Å². The predicted octanol–water partition coefficient (Wildman–Crippen LogP) is 0.0837. The van der Waals surface area contributed by atoms with Crippen molar-refractivity contribution in [1.29, 1.82) is 0 Å². The van der Waals surface area contributed by atoms with Gasteiger partial charge in [-0.05, 0) is 18.2 Å². The van der Waals surface area contributed by atoms with Gasteiger partial charge in [0.15, 0.2) is 0 Å². The second-order valence-corrected chi connectivity index (χ2v) is 4.66. The summed E-state index contributed by atoms with van der Waals surface area (Å²) >= 11 is 0. The largest absolute Gasteiger partial charge is 0.366 e. The van der Waals surface area contributed by atoms with Crippen LogP contribution < -0.4 is 10.5 Å².